The van der Waals surface area contributed by atoms with Crippen molar-refractivity contribution >= 4 is 67.6 Å². The van der Waals surface area contributed by atoms with Crippen LogP contribution in [0.15, 0.2) is 41.3 Å². The Balaban J connectivity index is 1.65. The third-order valence-electron chi connectivity index (χ3n) is 3.08. The van der Waals surface area contributed by atoms with Crippen LogP contribution in [0.25, 0.3) is 10.2 Å². The van der Waals surface area contributed by atoms with Gasteiger partial charge >= 0.3 is 0 Å². The van der Waals surface area contributed by atoms with Crippen molar-refractivity contribution in [2.75, 3.05) is 11.1 Å². The lowest BCUT2D eigenvalue weighted by molar-refractivity contribution is -0.113. The molecule has 0 saturated heterocycles. The highest BCUT2D eigenvalue weighted by molar-refractivity contribution is 8.00. The van der Waals surface area contributed by atoms with Gasteiger partial charge in [0.15, 0.2) is 5.13 Å². The minimum absolute atomic E-state index is 0.0900. The molecule has 0 aliphatic carbocycles. The molecule has 2 aromatic carbocycles. The number of carbonyl (C=O) groups is 1. The number of fused-ring (bicyclic) bond motifs is 1. The van der Waals surface area contributed by atoms with Crippen LogP contribution in [0.5, 0.6) is 0 Å². The maximum absolute atomic E-state index is 12.1. The van der Waals surface area contributed by atoms with Crippen molar-refractivity contribution in [3.63, 3.8) is 0 Å². The predicted octanol–water partition coefficient (Wildman–Crippen LogP) is 5.64. The lowest BCUT2D eigenvalue weighted by Gasteiger charge is -2.02. The average Bonchev–Trinajstić information content (AvgIpc) is 2.89. The van der Waals surface area contributed by atoms with Gasteiger partial charge in [-0.15, -0.1) is 11.8 Å². The second-order valence-electron chi connectivity index (χ2n) is 4.88. The molecule has 1 amide bonds. The molecule has 3 aromatic rings. The summed E-state index contributed by atoms with van der Waals surface area (Å²) in [5.41, 5.74) is 1.87. The fourth-order valence-electron chi connectivity index (χ4n) is 2.04. The summed E-state index contributed by atoms with van der Waals surface area (Å²) in [7, 11) is 0. The average molecular weight is 383 g/mol. The number of thiazole rings is 1. The minimum atomic E-state index is -0.0900. The first-order valence-electron chi connectivity index (χ1n) is 6.76. The molecule has 0 fully saturated rings. The molecule has 0 aliphatic heterocycles. The molecule has 0 radical (unpaired) electrons. The Morgan fingerprint density at radius 1 is 1.22 bits per heavy atom. The van der Waals surface area contributed by atoms with Crippen LogP contribution in [0.4, 0.5) is 5.13 Å². The summed E-state index contributed by atoms with van der Waals surface area (Å²) >= 11 is 14.8. The van der Waals surface area contributed by atoms with Crippen molar-refractivity contribution in [3.05, 3.63) is 52.0 Å². The highest BCUT2D eigenvalue weighted by Gasteiger charge is 2.10. The van der Waals surface area contributed by atoms with Gasteiger partial charge in [0.25, 0.3) is 0 Å². The van der Waals surface area contributed by atoms with Crippen LogP contribution < -0.4 is 5.32 Å². The van der Waals surface area contributed by atoms with E-state index in [0.717, 1.165) is 20.7 Å². The molecule has 1 heterocycles. The topological polar surface area (TPSA) is 42.0 Å². The number of anilines is 1. The molecule has 0 bridgehead atoms. The summed E-state index contributed by atoms with van der Waals surface area (Å²) < 4.78 is 0.968. The van der Waals surface area contributed by atoms with Crippen molar-refractivity contribution in [1.82, 2.24) is 4.98 Å². The number of aromatic nitrogens is 1. The number of benzene rings is 2. The maximum atomic E-state index is 12.1. The number of thioether (sulfide) groups is 1. The highest BCUT2D eigenvalue weighted by Crippen LogP contribution is 2.31. The molecular formula is C16H12Cl2N2OS2. The largest absolute Gasteiger partial charge is 0.301 e. The predicted molar refractivity (Wildman–Crippen MR) is 100 cm³/mol. The number of aryl methyl sites for hydroxylation is 1. The fraction of sp³-hybridized carbons (Fsp3) is 0.125. The zero-order valence-electron chi connectivity index (χ0n) is 12.1. The van der Waals surface area contributed by atoms with E-state index in [9.17, 15) is 4.79 Å². The van der Waals surface area contributed by atoms with Crippen LogP contribution in [0, 0.1) is 6.92 Å². The van der Waals surface area contributed by atoms with Crippen LogP contribution in [-0.2, 0) is 4.79 Å². The molecule has 3 rings (SSSR count). The Labute approximate surface area is 152 Å². The lowest BCUT2D eigenvalue weighted by atomic mass is 10.2. The van der Waals surface area contributed by atoms with Crippen molar-refractivity contribution in [2.45, 2.75) is 11.8 Å². The highest BCUT2D eigenvalue weighted by atomic mass is 35.5. The number of halogens is 2. The first kappa shape index (κ1) is 16.6. The normalized spacial score (nSPS) is 10.9. The Morgan fingerprint density at radius 2 is 1.96 bits per heavy atom. The SMILES string of the molecule is Cc1cc(Cl)cc2sc(NC(=O)CSc3ccc(Cl)cc3)nc12. The Morgan fingerprint density at radius 3 is 2.70 bits per heavy atom. The van der Waals surface area contributed by atoms with Crippen molar-refractivity contribution in [2.24, 2.45) is 0 Å². The van der Waals surface area contributed by atoms with Crippen LogP contribution in [0.2, 0.25) is 10.0 Å². The number of hydrogen-bond donors (Lipinski definition) is 1. The van der Waals surface area contributed by atoms with Crippen LogP contribution in [0.1, 0.15) is 5.56 Å². The molecule has 0 spiro atoms. The number of rotatable bonds is 4. The van der Waals surface area contributed by atoms with Gasteiger partial charge in [0.1, 0.15) is 0 Å². The zero-order valence-corrected chi connectivity index (χ0v) is 15.2. The number of amides is 1. The van der Waals surface area contributed by atoms with Gasteiger partial charge in [0.2, 0.25) is 5.91 Å². The molecule has 0 unspecified atom stereocenters. The van der Waals surface area contributed by atoms with Gasteiger partial charge in [-0.2, -0.15) is 0 Å². The van der Waals surface area contributed by atoms with Crippen molar-refractivity contribution < 1.29 is 4.79 Å². The van der Waals surface area contributed by atoms with Gasteiger partial charge in [-0.25, -0.2) is 4.98 Å². The van der Waals surface area contributed by atoms with Gasteiger partial charge in [0.05, 0.1) is 16.0 Å². The molecule has 118 valence electrons. The maximum Gasteiger partial charge on any atom is 0.236 e. The van der Waals surface area contributed by atoms with Gasteiger partial charge in [-0.3, -0.25) is 4.79 Å². The second kappa shape index (κ2) is 7.09. The minimum Gasteiger partial charge on any atom is -0.301 e. The van der Waals surface area contributed by atoms with E-state index in [1.807, 2.05) is 43.3 Å². The Hall–Kier alpha value is -1.27. The summed E-state index contributed by atoms with van der Waals surface area (Å²) in [6.45, 7) is 1.95. The molecule has 0 aliphatic rings. The number of nitrogens with one attached hydrogen (secondary N) is 1. The molecule has 7 heteroatoms. The van der Waals surface area contributed by atoms with E-state index in [0.29, 0.717) is 20.9 Å². The van der Waals surface area contributed by atoms with E-state index >= 15 is 0 Å². The first-order chi connectivity index (χ1) is 11.0. The third kappa shape index (κ3) is 4.18. The van der Waals surface area contributed by atoms with E-state index < -0.39 is 0 Å². The van der Waals surface area contributed by atoms with Gasteiger partial charge < -0.3 is 5.32 Å². The van der Waals surface area contributed by atoms with Crippen LogP contribution >= 0.6 is 46.3 Å². The summed E-state index contributed by atoms with van der Waals surface area (Å²) in [5.74, 6) is 0.227. The summed E-state index contributed by atoms with van der Waals surface area (Å²) in [6.07, 6.45) is 0. The molecule has 1 N–H and O–H groups in total. The number of hydrogen-bond acceptors (Lipinski definition) is 4. The fourth-order valence-corrected chi connectivity index (χ4v) is 4.20. The summed E-state index contributed by atoms with van der Waals surface area (Å²) in [5, 5.41) is 4.79. The number of nitrogens with zero attached hydrogens (tertiary/aromatic N) is 1. The van der Waals surface area contributed by atoms with Crippen LogP contribution in [0.3, 0.4) is 0 Å². The van der Waals surface area contributed by atoms with Crippen LogP contribution in [-0.4, -0.2) is 16.6 Å². The molecule has 0 atom stereocenters. The number of carbonyl (C=O) groups excluding carboxylic acids is 1. The molecule has 0 saturated carbocycles. The van der Waals surface area contributed by atoms with Gasteiger partial charge in [-0.05, 0) is 48.9 Å². The Bertz CT molecular complexity index is 862. The monoisotopic (exact) mass is 382 g/mol. The summed E-state index contributed by atoms with van der Waals surface area (Å²) in [6, 6.07) is 11.1. The van der Waals surface area contributed by atoms with E-state index in [4.69, 9.17) is 23.2 Å². The van der Waals surface area contributed by atoms with E-state index in [-0.39, 0.29) is 5.91 Å². The second-order valence-corrected chi connectivity index (χ2v) is 7.83. The van der Waals surface area contributed by atoms with Crippen molar-refractivity contribution in [3.8, 4) is 0 Å². The Kier molecular flexibility index (Phi) is 5.11. The summed E-state index contributed by atoms with van der Waals surface area (Å²) in [4.78, 5) is 17.5. The zero-order chi connectivity index (χ0) is 16.4. The molecule has 23 heavy (non-hydrogen) atoms. The van der Waals surface area contributed by atoms with E-state index in [2.05, 4.69) is 10.3 Å². The lowest BCUT2D eigenvalue weighted by Crippen LogP contribution is -2.13. The van der Waals surface area contributed by atoms with E-state index in [1.54, 1.807) is 0 Å². The smallest absolute Gasteiger partial charge is 0.236 e. The quantitative estimate of drug-likeness (QED) is 0.593. The first-order valence-corrected chi connectivity index (χ1v) is 9.32. The molecule has 1 aromatic heterocycles. The standard InChI is InChI=1S/C16H12Cl2N2OS2/c1-9-6-11(18)7-13-15(9)20-16(23-13)19-14(21)8-22-12-4-2-10(17)3-5-12/h2-7H,8H2,1H3,(H,19,20,21). The van der Waals surface area contributed by atoms with E-state index in [1.165, 1.54) is 23.1 Å². The molecule has 3 nitrogen and oxygen atoms in total. The molecular weight excluding hydrogens is 371 g/mol. The third-order valence-corrected chi connectivity index (χ3v) is 5.48. The van der Waals surface area contributed by atoms with Crippen molar-refractivity contribution in [1.29, 1.82) is 0 Å². The van der Waals surface area contributed by atoms with Gasteiger partial charge in [-0.1, -0.05) is 34.5 Å². The van der Waals surface area contributed by atoms with Gasteiger partial charge in [0, 0.05) is 14.9 Å².